The van der Waals surface area contributed by atoms with Gasteiger partial charge in [0.2, 0.25) is 11.4 Å². The number of ether oxygens (including phenoxy) is 1. The number of thioether (sulfide) groups is 2. The molecule has 0 radical (unpaired) electrons. The highest BCUT2D eigenvalue weighted by molar-refractivity contribution is 8.00. The molecule has 6 aromatic rings. The van der Waals surface area contributed by atoms with E-state index in [4.69, 9.17) is 4.74 Å². The van der Waals surface area contributed by atoms with E-state index in [0.29, 0.717) is 46.5 Å². The summed E-state index contributed by atoms with van der Waals surface area (Å²) >= 11 is 5.02. The van der Waals surface area contributed by atoms with Gasteiger partial charge in [0.25, 0.3) is 5.91 Å². The summed E-state index contributed by atoms with van der Waals surface area (Å²) in [6.45, 7) is 2.81. The largest absolute Gasteiger partial charge is 0.383 e. The first kappa shape index (κ1) is 33.5. The van der Waals surface area contributed by atoms with Crippen LogP contribution in [0, 0.1) is 0 Å². The number of methoxy groups -OCH3 is 1. The normalized spacial score (nSPS) is 12.5. The molecular weight excluding hydrogens is 692 g/mol. The Kier molecular flexibility index (Phi) is 11.0. The molecule has 246 valence electrons. The lowest BCUT2D eigenvalue weighted by Gasteiger charge is -2.16. The van der Waals surface area contributed by atoms with E-state index < -0.39 is 16.7 Å². The molecule has 4 aromatic heterocycles. The molecule has 0 aliphatic heterocycles. The molecule has 0 saturated carbocycles. The number of carbonyl (C=O) groups is 2. The number of nitrogens with zero attached hydrogens (tertiary/aromatic N) is 5. The van der Waals surface area contributed by atoms with Crippen LogP contribution in [0.25, 0.3) is 33.2 Å². The zero-order valence-electron chi connectivity index (χ0n) is 25.6. The minimum absolute atomic E-state index is 0.184. The van der Waals surface area contributed by atoms with Crippen LogP contribution in [-0.2, 0) is 20.9 Å². The third kappa shape index (κ3) is 8.02. The molecular formula is C32H29FN8O3S4. The lowest BCUT2D eigenvalue weighted by atomic mass is 10.1. The van der Waals surface area contributed by atoms with Gasteiger partial charge in [0.1, 0.15) is 5.25 Å². The van der Waals surface area contributed by atoms with Crippen LogP contribution in [0.1, 0.15) is 6.92 Å². The fourth-order valence-electron chi connectivity index (χ4n) is 4.56. The lowest BCUT2D eigenvalue weighted by molar-refractivity contribution is -0.118. The maximum absolute atomic E-state index is 14.8. The Balaban J connectivity index is 1.08. The van der Waals surface area contributed by atoms with Gasteiger partial charge in [-0.15, -0.1) is 31.7 Å². The third-order valence-electron chi connectivity index (χ3n) is 6.91. The lowest BCUT2D eigenvalue weighted by Crippen LogP contribution is -2.29. The number of H-pyrrole nitrogens is 1. The molecule has 2 amide bonds. The number of nitrogens with one attached hydrogen (secondary N) is 3. The Bertz CT molecular complexity index is 1960. The van der Waals surface area contributed by atoms with Gasteiger partial charge >= 0.3 is 0 Å². The van der Waals surface area contributed by atoms with Crippen molar-refractivity contribution in [2.45, 2.75) is 34.5 Å². The number of amides is 2. The summed E-state index contributed by atoms with van der Waals surface area (Å²) in [6.07, 6.45) is 0. The molecule has 2 atom stereocenters. The van der Waals surface area contributed by atoms with E-state index in [1.807, 2.05) is 82.2 Å². The average Bonchev–Trinajstić information content (AvgIpc) is 3.93. The molecule has 4 heterocycles. The van der Waals surface area contributed by atoms with Crippen LogP contribution in [0.4, 0.5) is 15.8 Å². The van der Waals surface area contributed by atoms with Gasteiger partial charge in [-0.3, -0.25) is 9.59 Å². The third-order valence-corrected chi connectivity index (χ3v) is 10.5. The number of rotatable bonds is 14. The SMILES string of the molecule is CCn1c(SC(COC)C(=O)Nc2ccccc2)nnc1-c1csc(-c2ccc(NC(=O)C(F)Sc3nnc(-c4ccsc4)[nH]3)cc2)c1. The number of alkyl halides is 1. The van der Waals surface area contributed by atoms with Crippen molar-refractivity contribution in [2.24, 2.45) is 0 Å². The molecule has 0 bridgehead atoms. The van der Waals surface area contributed by atoms with Gasteiger partial charge in [0.15, 0.2) is 22.0 Å². The van der Waals surface area contributed by atoms with Crippen LogP contribution in [0.3, 0.4) is 0 Å². The standard InChI is InChI=1S/C32H29FN8O3S4/c1-3-41-28(38-40-32(41)47-25(16-44-2)29(42)34-22-7-5-4-6-8-22)21-15-24(46-18-21)19-9-11-23(12-10-19)35-30(43)26(33)48-31-36-27(37-39-31)20-13-14-45-17-20/h4-15,17-18,25-26H,3,16H2,1-2H3,(H,34,42)(H,35,43)(H,36,37,39). The Labute approximate surface area is 291 Å². The van der Waals surface area contributed by atoms with E-state index in [-0.39, 0.29) is 17.7 Å². The zero-order valence-corrected chi connectivity index (χ0v) is 28.9. The summed E-state index contributed by atoms with van der Waals surface area (Å²) in [7, 11) is 1.56. The number of aromatic nitrogens is 6. The smallest absolute Gasteiger partial charge is 0.269 e. The van der Waals surface area contributed by atoms with Gasteiger partial charge < -0.3 is 24.9 Å². The van der Waals surface area contributed by atoms with Gasteiger partial charge in [-0.1, -0.05) is 42.1 Å². The number of anilines is 2. The highest BCUT2D eigenvalue weighted by atomic mass is 32.2. The van der Waals surface area contributed by atoms with Crippen molar-refractivity contribution < 1.29 is 18.7 Å². The molecule has 16 heteroatoms. The number of halogens is 1. The predicted molar refractivity (Wildman–Crippen MR) is 190 cm³/mol. The van der Waals surface area contributed by atoms with Crippen LogP contribution < -0.4 is 10.6 Å². The molecule has 0 aliphatic carbocycles. The molecule has 0 spiro atoms. The van der Waals surface area contributed by atoms with E-state index >= 15 is 0 Å². The van der Waals surface area contributed by atoms with Crippen molar-refractivity contribution in [3.63, 3.8) is 0 Å². The summed E-state index contributed by atoms with van der Waals surface area (Å²) in [5, 5.41) is 28.5. The molecule has 0 saturated heterocycles. The molecule has 3 N–H and O–H groups in total. The molecule has 6 rings (SSSR count). The second-order valence-electron chi connectivity index (χ2n) is 10.2. The number of para-hydroxylation sites is 1. The Morgan fingerprint density at radius 3 is 2.42 bits per heavy atom. The fraction of sp³-hybridized carbons (Fsp3) is 0.188. The number of thiophene rings is 2. The number of aromatic amines is 1. The maximum Gasteiger partial charge on any atom is 0.269 e. The van der Waals surface area contributed by atoms with Crippen LogP contribution in [0.15, 0.2) is 93.2 Å². The van der Waals surface area contributed by atoms with Crippen LogP contribution in [0.2, 0.25) is 0 Å². The van der Waals surface area contributed by atoms with Crippen molar-refractivity contribution in [3.05, 3.63) is 82.9 Å². The number of hydrogen-bond donors (Lipinski definition) is 3. The Morgan fingerprint density at radius 1 is 0.917 bits per heavy atom. The Hall–Kier alpha value is -4.35. The van der Waals surface area contributed by atoms with Crippen molar-refractivity contribution in [1.82, 2.24) is 29.9 Å². The predicted octanol–water partition coefficient (Wildman–Crippen LogP) is 7.31. The van der Waals surface area contributed by atoms with E-state index in [0.717, 1.165) is 21.6 Å². The summed E-state index contributed by atoms with van der Waals surface area (Å²) in [4.78, 5) is 29.5. The van der Waals surface area contributed by atoms with Crippen molar-refractivity contribution in [1.29, 1.82) is 0 Å². The summed E-state index contributed by atoms with van der Waals surface area (Å²) in [5.74, 6) is 0.230. The highest BCUT2D eigenvalue weighted by Crippen LogP contribution is 2.35. The van der Waals surface area contributed by atoms with Gasteiger partial charge in [0.05, 0.1) is 6.61 Å². The van der Waals surface area contributed by atoms with E-state index in [1.165, 1.54) is 23.1 Å². The molecule has 2 aromatic carbocycles. The van der Waals surface area contributed by atoms with Crippen LogP contribution >= 0.6 is 46.2 Å². The molecule has 48 heavy (non-hydrogen) atoms. The Morgan fingerprint density at radius 2 is 1.69 bits per heavy atom. The molecule has 0 aliphatic rings. The summed E-state index contributed by atoms with van der Waals surface area (Å²) in [5.41, 5.74) is 1.96. The second-order valence-corrected chi connectivity index (χ2v) is 14.1. The number of hydrogen-bond acceptors (Lipinski definition) is 11. The van der Waals surface area contributed by atoms with E-state index in [9.17, 15) is 14.0 Å². The van der Waals surface area contributed by atoms with Crippen molar-refractivity contribution in [2.75, 3.05) is 24.4 Å². The monoisotopic (exact) mass is 720 g/mol. The topological polar surface area (TPSA) is 140 Å². The van der Waals surface area contributed by atoms with Gasteiger partial charge in [-0.2, -0.15) is 11.3 Å². The summed E-state index contributed by atoms with van der Waals surface area (Å²) in [6, 6.07) is 20.4. The first-order valence-electron chi connectivity index (χ1n) is 14.6. The zero-order chi connectivity index (χ0) is 33.5. The first-order valence-corrected chi connectivity index (χ1v) is 18.2. The van der Waals surface area contributed by atoms with E-state index in [1.54, 1.807) is 30.6 Å². The maximum atomic E-state index is 14.8. The van der Waals surface area contributed by atoms with Gasteiger partial charge in [-0.25, -0.2) is 4.39 Å². The van der Waals surface area contributed by atoms with Crippen LogP contribution in [0.5, 0.6) is 0 Å². The van der Waals surface area contributed by atoms with Gasteiger partial charge in [0, 0.05) is 51.8 Å². The average molecular weight is 721 g/mol. The van der Waals surface area contributed by atoms with Crippen molar-refractivity contribution >= 4 is 69.4 Å². The first-order chi connectivity index (χ1) is 23.4. The van der Waals surface area contributed by atoms with Crippen LogP contribution in [-0.4, -0.2) is 66.2 Å². The quantitative estimate of drug-likeness (QED) is 0.0989. The molecule has 0 fully saturated rings. The highest BCUT2D eigenvalue weighted by Gasteiger charge is 2.25. The fourth-order valence-corrected chi connectivity index (χ4v) is 7.76. The summed E-state index contributed by atoms with van der Waals surface area (Å²) < 4.78 is 22.1. The molecule has 2 unspecified atom stereocenters. The number of benzene rings is 2. The van der Waals surface area contributed by atoms with Crippen molar-refractivity contribution in [3.8, 4) is 33.2 Å². The molecule has 11 nitrogen and oxygen atoms in total. The minimum atomic E-state index is -1.88. The van der Waals surface area contributed by atoms with E-state index in [2.05, 4.69) is 36.0 Å². The number of carbonyl (C=O) groups excluding carboxylic acids is 2. The van der Waals surface area contributed by atoms with Gasteiger partial charge in [-0.05, 0) is 66.0 Å². The second kappa shape index (κ2) is 15.7. The minimum Gasteiger partial charge on any atom is -0.383 e.